The number of rotatable bonds is 26. The van der Waals surface area contributed by atoms with Gasteiger partial charge in [0.15, 0.2) is 0 Å². The highest BCUT2D eigenvalue weighted by Crippen LogP contribution is 2.13. The Morgan fingerprint density at radius 1 is 0.576 bits per heavy atom. The SMILES string of the molecule is C=C(N/C(C)=C\CCCCCCCCC)N(CCCCCCCC)CCCCCCCCC. The van der Waals surface area contributed by atoms with Crippen molar-refractivity contribution < 1.29 is 0 Å². The van der Waals surface area contributed by atoms with E-state index in [2.05, 4.69) is 50.6 Å². The number of nitrogens with one attached hydrogen (secondary N) is 1. The van der Waals surface area contributed by atoms with E-state index in [1.165, 1.54) is 141 Å². The van der Waals surface area contributed by atoms with Crippen molar-refractivity contribution in [2.75, 3.05) is 13.1 Å². The lowest BCUT2D eigenvalue weighted by Gasteiger charge is -2.28. The van der Waals surface area contributed by atoms with E-state index in [0.29, 0.717) is 0 Å². The molecule has 2 heteroatoms. The summed E-state index contributed by atoms with van der Waals surface area (Å²) >= 11 is 0. The number of allylic oxidation sites excluding steroid dienone is 2. The Bertz CT molecular complexity index is 440. The van der Waals surface area contributed by atoms with E-state index in [1.54, 1.807) is 0 Å². The lowest BCUT2D eigenvalue weighted by Crippen LogP contribution is -2.32. The van der Waals surface area contributed by atoms with E-state index in [0.717, 1.165) is 18.9 Å². The highest BCUT2D eigenvalue weighted by molar-refractivity contribution is 5.05. The summed E-state index contributed by atoms with van der Waals surface area (Å²) in [6.45, 7) is 15.8. The Hall–Kier alpha value is -0.920. The first-order chi connectivity index (χ1) is 16.2. The Kier molecular flexibility index (Phi) is 25.0. The summed E-state index contributed by atoms with van der Waals surface area (Å²) < 4.78 is 0. The van der Waals surface area contributed by atoms with E-state index >= 15 is 0 Å². The lowest BCUT2D eigenvalue weighted by molar-refractivity contribution is 0.308. The minimum Gasteiger partial charge on any atom is -0.359 e. The topological polar surface area (TPSA) is 15.3 Å². The Balaban J connectivity index is 4.27. The van der Waals surface area contributed by atoms with Gasteiger partial charge >= 0.3 is 0 Å². The van der Waals surface area contributed by atoms with Crippen molar-refractivity contribution >= 4 is 0 Å². The van der Waals surface area contributed by atoms with Crippen LogP contribution < -0.4 is 5.32 Å². The van der Waals surface area contributed by atoms with Crippen LogP contribution in [0.3, 0.4) is 0 Å². The van der Waals surface area contributed by atoms with Crippen LogP contribution in [-0.2, 0) is 0 Å². The molecule has 0 aromatic carbocycles. The first kappa shape index (κ1) is 32.1. The second-order valence-corrected chi connectivity index (χ2v) is 10.2. The molecule has 0 aliphatic rings. The predicted molar refractivity (Wildman–Crippen MR) is 152 cm³/mol. The summed E-state index contributed by atoms with van der Waals surface area (Å²) in [6, 6.07) is 0. The van der Waals surface area contributed by atoms with Crippen molar-refractivity contribution in [2.24, 2.45) is 0 Å². The zero-order chi connectivity index (χ0) is 24.4. The summed E-state index contributed by atoms with van der Waals surface area (Å²) in [7, 11) is 0. The van der Waals surface area contributed by atoms with E-state index in [-0.39, 0.29) is 0 Å². The van der Waals surface area contributed by atoms with Crippen LogP contribution in [0.25, 0.3) is 0 Å². The van der Waals surface area contributed by atoms with Gasteiger partial charge in [0.25, 0.3) is 0 Å². The first-order valence-corrected chi connectivity index (χ1v) is 15.0. The van der Waals surface area contributed by atoms with Crippen LogP contribution in [0.5, 0.6) is 0 Å². The minimum atomic E-state index is 1.11. The molecule has 0 heterocycles. The summed E-state index contributed by atoms with van der Waals surface area (Å²) in [5, 5.41) is 3.62. The smallest absolute Gasteiger partial charge is 0.0980 e. The van der Waals surface area contributed by atoms with Gasteiger partial charge in [0, 0.05) is 18.8 Å². The molecule has 0 bridgehead atoms. The maximum atomic E-state index is 4.42. The highest BCUT2D eigenvalue weighted by Gasteiger charge is 2.08. The monoisotopic (exact) mass is 462 g/mol. The van der Waals surface area contributed by atoms with Crippen molar-refractivity contribution in [3.8, 4) is 0 Å². The maximum absolute atomic E-state index is 4.42. The van der Waals surface area contributed by atoms with Gasteiger partial charge in [0.2, 0.25) is 0 Å². The molecule has 0 aliphatic heterocycles. The van der Waals surface area contributed by atoms with Gasteiger partial charge in [-0.25, -0.2) is 0 Å². The van der Waals surface area contributed by atoms with Gasteiger partial charge in [0.1, 0.15) is 0 Å². The average molecular weight is 463 g/mol. The zero-order valence-electron chi connectivity index (χ0n) is 23.5. The molecule has 0 rings (SSSR count). The third-order valence-corrected chi connectivity index (χ3v) is 6.79. The van der Waals surface area contributed by atoms with Crippen LogP contribution in [0, 0.1) is 0 Å². The number of nitrogens with zero attached hydrogens (tertiary/aromatic N) is 1. The van der Waals surface area contributed by atoms with Gasteiger partial charge in [-0.2, -0.15) is 0 Å². The first-order valence-electron chi connectivity index (χ1n) is 15.0. The van der Waals surface area contributed by atoms with Gasteiger partial charge in [-0.05, 0) is 32.6 Å². The van der Waals surface area contributed by atoms with Crippen LogP contribution in [0.4, 0.5) is 0 Å². The molecule has 0 aliphatic carbocycles. The molecule has 0 atom stereocenters. The summed E-state index contributed by atoms with van der Waals surface area (Å²) in [6.07, 6.45) is 31.0. The maximum Gasteiger partial charge on any atom is 0.0980 e. The highest BCUT2D eigenvalue weighted by atomic mass is 15.2. The molecule has 0 saturated carbocycles. The second-order valence-electron chi connectivity index (χ2n) is 10.2. The van der Waals surface area contributed by atoms with E-state index in [9.17, 15) is 0 Å². The fraction of sp³-hybridized carbons (Fsp3) is 0.871. The largest absolute Gasteiger partial charge is 0.359 e. The molecule has 0 aromatic heterocycles. The molecule has 0 saturated heterocycles. The van der Waals surface area contributed by atoms with E-state index in [4.69, 9.17) is 0 Å². The summed E-state index contributed by atoms with van der Waals surface area (Å²) in [4.78, 5) is 2.52. The molecule has 0 fully saturated rings. The second kappa shape index (κ2) is 25.7. The normalized spacial score (nSPS) is 11.7. The van der Waals surface area contributed by atoms with Crippen LogP contribution in [0.1, 0.15) is 163 Å². The van der Waals surface area contributed by atoms with E-state index in [1.807, 2.05) is 0 Å². The van der Waals surface area contributed by atoms with Crippen molar-refractivity contribution in [3.63, 3.8) is 0 Å². The third kappa shape index (κ3) is 22.6. The van der Waals surface area contributed by atoms with Gasteiger partial charge in [-0.3, -0.25) is 0 Å². The fourth-order valence-corrected chi connectivity index (χ4v) is 4.50. The number of hydrogen-bond donors (Lipinski definition) is 1. The predicted octanol–water partition coefficient (Wildman–Crippen LogP) is 10.5. The van der Waals surface area contributed by atoms with Gasteiger partial charge in [0.05, 0.1) is 5.82 Å². The number of unbranched alkanes of at least 4 members (excludes halogenated alkanes) is 18. The molecule has 2 nitrogen and oxygen atoms in total. The fourth-order valence-electron chi connectivity index (χ4n) is 4.50. The third-order valence-electron chi connectivity index (χ3n) is 6.79. The Morgan fingerprint density at radius 3 is 1.36 bits per heavy atom. The van der Waals surface area contributed by atoms with Crippen LogP contribution in [0.2, 0.25) is 0 Å². The minimum absolute atomic E-state index is 1.11. The van der Waals surface area contributed by atoms with E-state index < -0.39 is 0 Å². The van der Waals surface area contributed by atoms with Gasteiger partial charge < -0.3 is 10.2 Å². The molecule has 0 aromatic rings. The molecule has 0 unspecified atom stereocenters. The van der Waals surface area contributed by atoms with Crippen LogP contribution in [0.15, 0.2) is 24.2 Å². The average Bonchev–Trinajstić information content (AvgIpc) is 2.80. The van der Waals surface area contributed by atoms with Gasteiger partial charge in [-0.1, -0.05) is 143 Å². The summed E-state index contributed by atoms with van der Waals surface area (Å²) in [5.41, 5.74) is 1.28. The molecule has 1 N–H and O–H groups in total. The van der Waals surface area contributed by atoms with Crippen molar-refractivity contribution in [1.82, 2.24) is 10.2 Å². The van der Waals surface area contributed by atoms with Crippen LogP contribution >= 0.6 is 0 Å². The molecule has 33 heavy (non-hydrogen) atoms. The van der Waals surface area contributed by atoms with Crippen molar-refractivity contribution in [3.05, 3.63) is 24.2 Å². The molecule has 0 radical (unpaired) electrons. The summed E-state index contributed by atoms with van der Waals surface area (Å²) in [5.74, 6) is 1.11. The zero-order valence-corrected chi connectivity index (χ0v) is 23.5. The lowest BCUT2D eigenvalue weighted by atomic mass is 10.1. The molecular weight excluding hydrogens is 400 g/mol. The molecule has 0 amide bonds. The van der Waals surface area contributed by atoms with Gasteiger partial charge in [-0.15, -0.1) is 0 Å². The Labute approximate surface area is 210 Å². The Morgan fingerprint density at radius 2 is 0.939 bits per heavy atom. The molecular formula is C31H62N2. The quantitative estimate of drug-likeness (QED) is 0.129. The number of hydrogen-bond acceptors (Lipinski definition) is 2. The molecule has 196 valence electrons. The van der Waals surface area contributed by atoms with Crippen LogP contribution in [-0.4, -0.2) is 18.0 Å². The van der Waals surface area contributed by atoms with Crippen molar-refractivity contribution in [1.29, 1.82) is 0 Å². The molecule has 0 spiro atoms. The standard InChI is InChI=1S/C31H62N2/c1-6-9-12-15-18-19-21-24-27-30(4)32-31(5)33(28-25-22-17-14-11-8-3)29-26-23-20-16-13-10-7-2/h27,32H,5-26,28-29H2,1-4H3/b30-27-. The van der Waals surface area contributed by atoms with Crippen molar-refractivity contribution in [2.45, 2.75) is 163 Å².